The van der Waals surface area contributed by atoms with Crippen molar-refractivity contribution in [2.75, 3.05) is 26.4 Å². The Hall–Kier alpha value is -3.64. The van der Waals surface area contributed by atoms with Gasteiger partial charge in [0.2, 0.25) is 0 Å². The number of benzene rings is 4. The summed E-state index contributed by atoms with van der Waals surface area (Å²) < 4.78 is 17.0. The molecule has 4 rings (SSSR count). The van der Waals surface area contributed by atoms with E-state index in [4.69, 9.17) is 19.3 Å². The maximum Gasteiger partial charge on any atom is 0.119 e. The highest BCUT2D eigenvalue weighted by molar-refractivity contribution is 5.68. The second-order valence-electron chi connectivity index (χ2n) is 8.61. The van der Waals surface area contributed by atoms with Crippen LogP contribution in [0.2, 0.25) is 0 Å². The van der Waals surface area contributed by atoms with E-state index in [1.54, 1.807) is 0 Å². The molecule has 4 aromatic carbocycles. The Kier molecular flexibility index (Phi) is 9.11. The summed E-state index contributed by atoms with van der Waals surface area (Å²) in [6.07, 6.45) is -0.852. The van der Waals surface area contributed by atoms with Crippen LogP contribution in [0.3, 0.4) is 0 Å². The summed E-state index contributed by atoms with van der Waals surface area (Å²) >= 11 is 0. The molecule has 0 aliphatic carbocycles. The van der Waals surface area contributed by atoms with Crippen molar-refractivity contribution < 1.29 is 24.4 Å². The molecular weight excluding hydrogens is 452 g/mol. The Bertz CT molecular complexity index is 1200. The molecule has 0 heterocycles. The number of hydrogen-bond donors (Lipinski definition) is 2. The molecule has 0 fully saturated rings. The lowest BCUT2D eigenvalue weighted by Crippen LogP contribution is -2.21. The van der Waals surface area contributed by atoms with Crippen molar-refractivity contribution in [2.45, 2.75) is 19.6 Å². The predicted molar refractivity (Wildman–Crippen MR) is 142 cm³/mol. The van der Waals surface area contributed by atoms with Crippen LogP contribution in [0.15, 0.2) is 97.1 Å². The Morgan fingerprint density at radius 3 is 2.06 bits per heavy atom. The summed E-state index contributed by atoms with van der Waals surface area (Å²) in [4.78, 5) is 0. The second-order valence-corrected chi connectivity index (χ2v) is 8.61. The standard InChI is InChI=1S/C31H32O5/c1-23-19-30(35-18-17-34-22-28(33)20-32)15-16-31(23)27-11-13-29(14-12-27)36-21-24-7-9-26(10-8-24)25-5-3-2-4-6-25/h2-16,19,28,32-33H,17-18,20-22H2,1H3. The Balaban J connectivity index is 1.28. The van der Waals surface area contributed by atoms with Crippen LogP contribution in [0.4, 0.5) is 0 Å². The molecule has 0 amide bonds. The zero-order valence-electron chi connectivity index (χ0n) is 20.5. The van der Waals surface area contributed by atoms with Gasteiger partial charge >= 0.3 is 0 Å². The lowest BCUT2D eigenvalue weighted by Gasteiger charge is -2.12. The fourth-order valence-corrected chi connectivity index (χ4v) is 3.86. The van der Waals surface area contributed by atoms with Crippen LogP contribution in [0.25, 0.3) is 22.3 Å². The predicted octanol–water partition coefficient (Wildman–Crippen LogP) is 5.66. The minimum absolute atomic E-state index is 0.0953. The highest BCUT2D eigenvalue weighted by Crippen LogP contribution is 2.29. The minimum Gasteiger partial charge on any atom is -0.491 e. The summed E-state index contributed by atoms with van der Waals surface area (Å²) in [6, 6.07) is 32.9. The molecule has 186 valence electrons. The van der Waals surface area contributed by atoms with E-state index in [2.05, 4.69) is 55.5 Å². The van der Waals surface area contributed by atoms with Gasteiger partial charge in [0.05, 0.1) is 19.8 Å². The maximum atomic E-state index is 9.27. The first-order chi connectivity index (χ1) is 17.6. The van der Waals surface area contributed by atoms with Crippen molar-refractivity contribution in [2.24, 2.45) is 0 Å². The molecule has 0 bridgehead atoms. The zero-order chi connectivity index (χ0) is 25.2. The number of aliphatic hydroxyl groups excluding tert-OH is 2. The first-order valence-electron chi connectivity index (χ1n) is 12.1. The van der Waals surface area contributed by atoms with Gasteiger partial charge in [0.1, 0.15) is 30.8 Å². The minimum atomic E-state index is -0.852. The van der Waals surface area contributed by atoms with E-state index in [1.807, 2.05) is 48.5 Å². The third-order valence-electron chi connectivity index (χ3n) is 5.85. The summed E-state index contributed by atoms with van der Waals surface area (Å²) in [7, 11) is 0. The molecule has 2 N–H and O–H groups in total. The van der Waals surface area contributed by atoms with Crippen LogP contribution in [-0.2, 0) is 11.3 Å². The van der Waals surface area contributed by atoms with Crippen LogP contribution in [0, 0.1) is 6.92 Å². The van der Waals surface area contributed by atoms with E-state index in [0.717, 1.165) is 33.8 Å². The SMILES string of the molecule is Cc1cc(OCCOCC(O)CO)ccc1-c1ccc(OCc2ccc(-c3ccccc3)cc2)cc1. The largest absolute Gasteiger partial charge is 0.491 e. The second kappa shape index (κ2) is 12.9. The van der Waals surface area contributed by atoms with E-state index in [1.165, 1.54) is 11.1 Å². The Morgan fingerprint density at radius 2 is 1.36 bits per heavy atom. The van der Waals surface area contributed by atoms with Crippen molar-refractivity contribution in [3.8, 4) is 33.8 Å². The molecule has 1 unspecified atom stereocenters. The molecule has 1 atom stereocenters. The van der Waals surface area contributed by atoms with Crippen molar-refractivity contribution in [3.63, 3.8) is 0 Å². The van der Waals surface area contributed by atoms with Gasteiger partial charge in [0, 0.05) is 0 Å². The third-order valence-corrected chi connectivity index (χ3v) is 5.85. The number of aliphatic hydroxyl groups is 2. The van der Waals surface area contributed by atoms with Crippen LogP contribution >= 0.6 is 0 Å². The van der Waals surface area contributed by atoms with Crippen molar-refractivity contribution in [1.29, 1.82) is 0 Å². The molecular formula is C31H32O5. The van der Waals surface area contributed by atoms with Gasteiger partial charge in [0.15, 0.2) is 0 Å². The Morgan fingerprint density at radius 1 is 0.694 bits per heavy atom. The van der Waals surface area contributed by atoms with Gasteiger partial charge < -0.3 is 24.4 Å². The van der Waals surface area contributed by atoms with E-state index < -0.39 is 6.10 Å². The monoisotopic (exact) mass is 484 g/mol. The zero-order valence-corrected chi connectivity index (χ0v) is 20.5. The van der Waals surface area contributed by atoms with Crippen LogP contribution in [0.5, 0.6) is 11.5 Å². The van der Waals surface area contributed by atoms with E-state index in [9.17, 15) is 5.11 Å². The molecule has 0 spiro atoms. The number of ether oxygens (including phenoxy) is 3. The summed E-state index contributed by atoms with van der Waals surface area (Å²) in [5.74, 6) is 1.59. The van der Waals surface area contributed by atoms with Crippen molar-refractivity contribution in [1.82, 2.24) is 0 Å². The number of aryl methyl sites for hydroxylation is 1. The third kappa shape index (κ3) is 7.18. The summed E-state index contributed by atoms with van der Waals surface area (Å²) in [6.45, 7) is 3.08. The quantitative estimate of drug-likeness (QED) is 0.254. The van der Waals surface area contributed by atoms with E-state index in [-0.39, 0.29) is 13.2 Å². The molecule has 0 radical (unpaired) electrons. The van der Waals surface area contributed by atoms with Crippen LogP contribution in [-0.4, -0.2) is 42.7 Å². The Labute approximate surface area is 212 Å². The molecule has 0 saturated heterocycles. The molecule has 5 nitrogen and oxygen atoms in total. The van der Waals surface area contributed by atoms with Gasteiger partial charge in [-0.25, -0.2) is 0 Å². The van der Waals surface area contributed by atoms with Crippen molar-refractivity contribution in [3.05, 3.63) is 108 Å². The average Bonchev–Trinajstić information content (AvgIpc) is 2.93. The normalized spacial score (nSPS) is 11.8. The number of hydrogen-bond acceptors (Lipinski definition) is 5. The number of rotatable bonds is 12. The van der Waals surface area contributed by atoms with Gasteiger partial charge in [0.25, 0.3) is 0 Å². The highest BCUT2D eigenvalue weighted by atomic mass is 16.5. The maximum absolute atomic E-state index is 9.27. The molecule has 0 aromatic heterocycles. The van der Waals surface area contributed by atoms with Crippen LogP contribution < -0.4 is 9.47 Å². The molecule has 36 heavy (non-hydrogen) atoms. The first-order valence-corrected chi connectivity index (χ1v) is 12.1. The van der Waals surface area contributed by atoms with Gasteiger partial charge in [-0.05, 0) is 64.6 Å². The van der Waals surface area contributed by atoms with Gasteiger partial charge in [-0.1, -0.05) is 72.8 Å². The topological polar surface area (TPSA) is 68.2 Å². The molecule has 0 aliphatic heterocycles. The fraction of sp³-hybridized carbons (Fsp3) is 0.226. The first kappa shape index (κ1) is 25.5. The van der Waals surface area contributed by atoms with Crippen molar-refractivity contribution >= 4 is 0 Å². The van der Waals surface area contributed by atoms with Gasteiger partial charge in [-0.15, -0.1) is 0 Å². The summed E-state index contributed by atoms with van der Waals surface area (Å²) in [5.41, 5.74) is 6.88. The van der Waals surface area contributed by atoms with E-state index >= 15 is 0 Å². The molecule has 4 aromatic rings. The fourth-order valence-electron chi connectivity index (χ4n) is 3.86. The molecule has 0 aliphatic rings. The lowest BCUT2D eigenvalue weighted by molar-refractivity contribution is -0.00138. The summed E-state index contributed by atoms with van der Waals surface area (Å²) in [5, 5.41) is 18.1. The van der Waals surface area contributed by atoms with Gasteiger partial charge in [-0.2, -0.15) is 0 Å². The average molecular weight is 485 g/mol. The smallest absolute Gasteiger partial charge is 0.119 e. The van der Waals surface area contributed by atoms with Gasteiger partial charge in [-0.3, -0.25) is 0 Å². The lowest BCUT2D eigenvalue weighted by atomic mass is 10.0. The molecule has 0 saturated carbocycles. The van der Waals surface area contributed by atoms with E-state index in [0.29, 0.717) is 19.8 Å². The highest BCUT2D eigenvalue weighted by Gasteiger charge is 2.06. The van der Waals surface area contributed by atoms with Crippen LogP contribution in [0.1, 0.15) is 11.1 Å². The molecule has 5 heteroatoms.